The summed E-state index contributed by atoms with van der Waals surface area (Å²) in [4.78, 5) is 0.320. The van der Waals surface area contributed by atoms with Crippen LogP contribution in [0.25, 0.3) is 0 Å². The molecule has 0 amide bonds. The van der Waals surface area contributed by atoms with Crippen LogP contribution in [0.3, 0.4) is 0 Å². The van der Waals surface area contributed by atoms with Gasteiger partial charge < -0.3 is 14.2 Å². The van der Waals surface area contributed by atoms with E-state index >= 15 is 0 Å². The first-order valence-corrected chi connectivity index (χ1v) is 5.91. The van der Waals surface area contributed by atoms with Gasteiger partial charge in [-0.05, 0) is 13.3 Å². The standard InChI is InChI=1S/C10H19BrO3/c1-4-10(2,12-3)7-14-9-6-13-5-8(9)11/h8-9H,4-7H2,1-3H3. The molecule has 0 aromatic carbocycles. The molecule has 3 atom stereocenters. The fourth-order valence-corrected chi connectivity index (χ4v) is 1.74. The summed E-state index contributed by atoms with van der Waals surface area (Å²) in [7, 11) is 1.73. The number of halogens is 1. The van der Waals surface area contributed by atoms with Gasteiger partial charge in [-0.2, -0.15) is 0 Å². The van der Waals surface area contributed by atoms with E-state index in [4.69, 9.17) is 14.2 Å². The molecule has 0 aliphatic carbocycles. The summed E-state index contributed by atoms with van der Waals surface area (Å²) in [6.07, 6.45) is 1.11. The quantitative estimate of drug-likeness (QED) is 0.713. The lowest BCUT2D eigenvalue weighted by Gasteiger charge is -2.28. The average molecular weight is 267 g/mol. The van der Waals surface area contributed by atoms with Gasteiger partial charge in [0.25, 0.3) is 0 Å². The number of ether oxygens (including phenoxy) is 3. The molecule has 1 aliphatic rings. The van der Waals surface area contributed by atoms with Crippen molar-refractivity contribution in [1.29, 1.82) is 0 Å². The second kappa shape index (κ2) is 5.45. The van der Waals surface area contributed by atoms with Crippen molar-refractivity contribution in [3.63, 3.8) is 0 Å². The molecule has 84 valence electrons. The summed E-state index contributed by atoms with van der Waals surface area (Å²) in [5, 5.41) is 0. The third kappa shape index (κ3) is 3.19. The molecule has 0 spiro atoms. The summed E-state index contributed by atoms with van der Waals surface area (Å²) in [5.74, 6) is 0. The molecular formula is C10H19BrO3. The molecule has 0 radical (unpaired) electrons. The third-order valence-corrected chi connectivity index (χ3v) is 3.66. The molecule has 1 saturated heterocycles. The zero-order chi connectivity index (χ0) is 10.6. The van der Waals surface area contributed by atoms with Crippen molar-refractivity contribution in [2.24, 2.45) is 0 Å². The molecular weight excluding hydrogens is 248 g/mol. The molecule has 0 aromatic rings. The van der Waals surface area contributed by atoms with Crippen LogP contribution in [0.4, 0.5) is 0 Å². The van der Waals surface area contributed by atoms with Gasteiger partial charge in [-0.25, -0.2) is 0 Å². The van der Waals surface area contributed by atoms with Gasteiger partial charge >= 0.3 is 0 Å². The van der Waals surface area contributed by atoms with Crippen molar-refractivity contribution in [2.75, 3.05) is 26.9 Å². The van der Waals surface area contributed by atoms with Crippen molar-refractivity contribution in [3.8, 4) is 0 Å². The van der Waals surface area contributed by atoms with E-state index < -0.39 is 0 Å². The largest absolute Gasteiger partial charge is 0.377 e. The van der Waals surface area contributed by atoms with Crippen molar-refractivity contribution >= 4 is 15.9 Å². The van der Waals surface area contributed by atoms with Crippen molar-refractivity contribution in [3.05, 3.63) is 0 Å². The number of hydrogen-bond acceptors (Lipinski definition) is 3. The predicted octanol–water partition coefficient (Wildman–Crippen LogP) is 1.98. The minimum Gasteiger partial charge on any atom is -0.377 e. The van der Waals surface area contributed by atoms with Crippen LogP contribution in [0.2, 0.25) is 0 Å². The Hall–Kier alpha value is 0.360. The van der Waals surface area contributed by atoms with Crippen molar-refractivity contribution in [2.45, 2.75) is 36.8 Å². The molecule has 3 unspecified atom stereocenters. The van der Waals surface area contributed by atoms with E-state index in [0.717, 1.165) is 13.0 Å². The molecule has 4 heteroatoms. The Labute approximate surface area is 94.2 Å². The molecule has 0 saturated carbocycles. The maximum Gasteiger partial charge on any atom is 0.0956 e. The summed E-state index contributed by atoms with van der Waals surface area (Å²) >= 11 is 3.53. The Morgan fingerprint density at radius 3 is 2.64 bits per heavy atom. The van der Waals surface area contributed by atoms with E-state index in [1.807, 2.05) is 0 Å². The first kappa shape index (κ1) is 12.4. The topological polar surface area (TPSA) is 27.7 Å². The van der Waals surface area contributed by atoms with E-state index in [9.17, 15) is 0 Å². The molecule has 0 N–H and O–H groups in total. The van der Waals surface area contributed by atoms with E-state index in [2.05, 4.69) is 29.8 Å². The fourth-order valence-electron chi connectivity index (χ4n) is 1.25. The van der Waals surface area contributed by atoms with E-state index in [0.29, 0.717) is 18.0 Å². The number of alkyl halides is 1. The van der Waals surface area contributed by atoms with Gasteiger partial charge in [0.1, 0.15) is 0 Å². The van der Waals surface area contributed by atoms with Crippen molar-refractivity contribution < 1.29 is 14.2 Å². The van der Waals surface area contributed by atoms with Crippen LogP contribution in [-0.2, 0) is 14.2 Å². The van der Waals surface area contributed by atoms with Gasteiger partial charge in [0, 0.05) is 7.11 Å². The van der Waals surface area contributed by atoms with Gasteiger partial charge in [-0.1, -0.05) is 22.9 Å². The highest BCUT2D eigenvalue weighted by Crippen LogP contribution is 2.21. The summed E-state index contributed by atoms with van der Waals surface area (Å²) in [6.45, 7) is 6.20. The second-order valence-corrected chi connectivity index (χ2v) is 5.09. The van der Waals surface area contributed by atoms with Crippen LogP contribution in [-0.4, -0.2) is 43.5 Å². The van der Waals surface area contributed by atoms with Gasteiger partial charge in [0.15, 0.2) is 0 Å². The number of rotatable bonds is 5. The maximum atomic E-state index is 5.77. The smallest absolute Gasteiger partial charge is 0.0956 e. The molecule has 0 aromatic heterocycles. The van der Waals surface area contributed by atoms with E-state index in [1.165, 1.54) is 0 Å². The second-order valence-electron chi connectivity index (χ2n) is 3.91. The normalized spacial score (nSPS) is 31.7. The zero-order valence-corrected chi connectivity index (χ0v) is 10.7. The van der Waals surface area contributed by atoms with Crippen LogP contribution >= 0.6 is 15.9 Å². The van der Waals surface area contributed by atoms with Gasteiger partial charge in [0.05, 0.1) is 36.4 Å². The Kier molecular flexibility index (Phi) is 4.83. The number of methoxy groups -OCH3 is 1. The Balaban J connectivity index is 2.31. The van der Waals surface area contributed by atoms with Crippen LogP contribution < -0.4 is 0 Å². The zero-order valence-electron chi connectivity index (χ0n) is 9.09. The Morgan fingerprint density at radius 1 is 1.50 bits per heavy atom. The Morgan fingerprint density at radius 2 is 2.21 bits per heavy atom. The van der Waals surface area contributed by atoms with Crippen LogP contribution in [0.5, 0.6) is 0 Å². The fraction of sp³-hybridized carbons (Fsp3) is 1.00. The lowest BCUT2D eigenvalue weighted by molar-refractivity contribution is -0.0860. The molecule has 0 bridgehead atoms. The van der Waals surface area contributed by atoms with E-state index in [-0.39, 0.29) is 11.7 Å². The molecule has 1 rings (SSSR count). The monoisotopic (exact) mass is 266 g/mol. The first-order valence-electron chi connectivity index (χ1n) is 5.00. The first-order chi connectivity index (χ1) is 6.61. The third-order valence-electron chi connectivity index (χ3n) is 2.81. The SMILES string of the molecule is CCC(C)(COC1COCC1Br)OC. The summed E-state index contributed by atoms with van der Waals surface area (Å²) in [5.41, 5.74) is -0.171. The highest BCUT2D eigenvalue weighted by molar-refractivity contribution is 9.09. The highest BCUT2D eigenvalue weighted by Gasteiger charge is 2.30. The lowest BCUT2D eigenvalue weighted by Crippen LogP contribution is -2.36. The minimum absolute atomic E-state index is 0.163. The van der Waals surface area contributed by atoms with Gasteiger partial charge in [-0.3, -0.25) is 0 Å². The molecule has 14 heavy (non-hydrogen) atoms. The lowest BCUT2D eigenvalue weighted by atomic mass is 10.1. The van der Waals surface area contributed by atoms with E-state index in [1.54, 1.807) is 7.11 Å². The van der Waals surface area contributed by atoms with Gasteiger partial charge in [-0.15, -0.1) is 0 Å². The summed E-state index contributed by atoms with van der Waals surface area (Å²) < 4.78 is 16.5. The molecule has 3 nitrogen and oxygen atoms in total. The van der Waals surface area contributed by atoms with Gasteiger partial charge in [0.2, 0.25) is 0 Å². The Bertz CT molecular complexity index is 171. The minimum atomic E-state index is -0.171. The molecule has 1 heterocycles. The molecule has 1 aliphatic heterocycles. The maximum absolute atomic E-state index is 5.77. The van der Waals surface area contributed by atoms with Crippen LogP contribution in [0.15, 0.2) is 0 Å². The average Bonchev–Trinajstić information content (AvgIpc) is 2.61. The van der Waals surface area contributed by atoms with Crippen LogP contribution in [0.1, 0.15) is 20.3 Å². The summed E-state index contributed by atoms with van der Waals surface area (Å²) in [6, 6.07) is 0. The predicted molar refractivity (Wildman–Crippen MR) is 59.0 cm³/mol. The van der Waals surface area contributed by atoms with Crippen molar-refractivity contribution in [1.82, 2.24) is 0 Å². The van der Waals surface area contributed by atoms with Crippen LogP contribution in [0, 0.1) is 0 Å². The molecule has 1 fully saturated rings. The number of hydrogen-bond donors (Lipinski definition) is 0. The highest BCUT2D eigenvalue weighted by atomic mass is 79.9.